The van der Waals surface area contributed by atoms with E-state index < -0.39 is 0 Å². The van der Waals surface area contributed by atoms with Gasteiger partial charge < -0.3 is 19.9 Å². The molecule has 4 aromatic rings. The third-order valence-corrected chi connectivity index (χ3v) is 11.5. The van der Waals surface area contributed by atoms with Crippen LogP contribution in [0.2, 0.25) is 0 Å². The predicted molar refractivity (Wildman–Crippen MR) is 164 cm³/mol. The van der Waals surface area contributed by atoms with Crippen LogP contribution in [0.15, 0.2) is 12.5 Å². The van der Waals surface area contributed by atoms with Crippen LogP contribution in [-0.2, 0) is 22.4 Å². The molecule has 2 N–H and O–H groups in total. The number of ether oxygens (including phenoxy) is 1. The van der Waals surface area contributed by atoms with Gasteiger partial charge in [-0.3, -0.25) is 4.79 Å². The highest BCUT2D eigenvalue weighted by Crippen LogP contribution is 2.48. The number of nitrogens with one attached hydrogen (secondary N) is 2. The lowest BCUT2D eigenvalue weighted by Gasteiger charge is -2.47. The Morgan fingerprint density at radius 3 is 2.71 bits per heavy atom. The van der Waals surface area contributed by atoms with Crippen LogP contribution in [-0.4, -0.2) is 69.8 Å². The zero-order valence-electron chi connectivity index (χ0n) is 25.0. The number of methoxy groups -OCH3 is 1. The van der Waals surface area contributed by atoms with Gasteiger partial charge >= 0.3 is 0 Å². The molecule has 0 aromatic carbocycles. The highest BCUT2D eigenvalue weighted by atomic mass is 32.1. The number of pyridine rings is 1. The molecule has 1 aliphatic heterocycles. The fraction of sp³-hybridized carbons (Fsp3) is 0.594. The molecule has 4 aromatic heterocycles. The highest BCUT2D eigenvalue weighted by Gasteiger charge is 2.48. The molecule has 2 fully saturated rings. The molecule has 0 radical (unpaired) electrons. The number of aromatic amines is 1. The molecular weight excluding hydrogens is 532 g/mol. The Balaban J connectivity index is 1.14. The number of hydrogen-bond donors (Lipinski definition) is 2. The maximum absolute atomic E-state index is 13.3. The topological polar surface area (TPSA) is 87.5 Å². The quantitative estimate of drug-likeness (QED) is 0.301. The molecule has 3 aliphatic rings. The minimum absolute atomic E-state index is 0.103. The van der Waals surface area contributed by atoms with Crippen molar-refractivity contribution in [2.75, 3.05) is 33.8 Å². The SMILES string of the molecule is CNCC1(OC)CC(C(=O)N2CCC(c3sc4[nH]c(-c5cn6ncnc6c6c5CCC6)c(C(C)C)c4c3C)CC2)C1. The van der Waals surface area contributed by atoms with E-state index >= 15 is 0 Å². The van der Waals surface area contributed by atoms with Crippen molar-refractivity contribution in [3.63, 3.8) is 0 Å². The molecular formula is C32H42N6O2S. The number of nitrogens with zero attached hydrogens (tertiary/aromatic N) is 4. The van der Waals surface area contributed by atoms with Gasteiger partial charge in [0.1, 0.15) is 11.2 Å². The molecule has 0 atom stereocenters. The van der Waals surface area contributed by atoms with Gasteiger partial charge in [0.25, 0.3) is 0 Å². The first-order chi connectivity index (χ1) is 19.8. The number of rotatable bonds is 7. The van der Waals surface area contributed by atoms with E-state index in [0.717, 1.165) is 63.8 Å². The van der Waals surface area contributed by atoms with Crippen molar-refractivity contribution in [1.82, 2.24) is 29.8 Å². The summed E-state index contributed by atoms with van der Waals surface area (Å²) in [7, 11) is 3.72. The number of aromatic nitrogens is 4. The average Bonchev–Trinajstić information content (AvgIpc) is 3.73. The predicted octanol–water partition coefficient (Wildman–Crippen LogP) is 5.58. The maximum atomic E-state index is 13.3. The summed E-state index contributed by atoms with van der Waals surface area (Å²) < 4.78 is 7.71. The van der Waals surface area contributed by atoms with E-state index in [1.807, 2.05) is 22.9 Å². The van der Waals surface area contributed by atoms with Gasteiger partial charge in [-0.25, -0.2) is 9.50 Å². The van der Waals surface area contributed by atoms with Crippen LogP contribution in [0.3, 0.4) is 0 Å². The number of thiophene rings is 1. The third-order valence-electron chi connectivity index (χ3n) is 10.1. The van der Waals surface area contributed by atoms with Gasteiger partial charge in [-0.15, -0.1) is 11.3 Å². The van der Waals surface area contributed by atoms with Gasteiger partial charge in [0, 0.05) is 60.2 Å². The number of aryl methyl sites for hydroxylation is 2. The maximum Gasteiger partial charge on any atom is 0.225 e. The molecule has 1 amide bonds. The number of piperidine rings is 1. The molecule has 5 heterocycles. The summed E-state index contributed by atoms with van der Waals surface area (Å²) >= 11 is 1.94. The average molecular weight is 575 g/mol. The Labute approximate surface area is 245 Å². The van der Waals surface area contributed by atoms with Gasteiger partial charge in [-0.1, -0.05) is 13.8 Å². The standard InChI is InChI=1S/C32H42N6O2S/c1-18(2)25-26-19(3)28(20-9-11-37(12-10-20)31(39)21-13-32(14-21,40-5)16-33-4)41-30(26)36-27(25)24-15-38-29(34-17-35-38)23-8-6-7-22(23)24/h15,17-18,20-21,33,36H,6-14,16H2,1-5H3. The third kappa shape index (κ3) is 4.26. The number of likely N-dealkylation sites (N-methyl/N-ethyl adjacent to an activating group) is 1. The Morgan fingerprint density at radius 1 is 1.24 bits per heavy atom. The summed E-state index contributed by atoms with van der Waals surface area (Å²) in [5, 5.41) is 9.14. The van der Waals surface area contributed by atoms with Gasteiger partial charge in [-0.2, -0.15) is 5.10 Å². The Hall–Kier alpha value is -2.75. The summed E-state index contributed by atoms with van der Waals surface area (Å²) in [6.45, 7) is 9.46. The minimum atomic E-state index is -0.170. The molecule has 0 bridgehead atoms. The van der Waals surface area contributed by atoms with Crippen LogP contribution in [0.5, 0.6) is 0 Å². The fourth-order valence-corrected chi connectivity index (χ4v) is 9.43. The van der Waals surface area contributed by atoms with Gasteiger partial charge in [0.15, 0.2) is 5.65 Å². The fourth-order valence-electron chi connectivity index (χ4n) is 8.03. The van der Waals surface area contributed by atoms with E-state index in [0.29, 0.717) is 17.7 Å². The molecule has 1 saturated heterocycles. The van der Waals surface area contributed by atoms with Gasteiger partial charge in [-0.05, 0) is 87.4 Å². The van der Waals surface area contributed by atoms with Crippen molar-refractivity contribution in [3.05, 3.63) is 39.7 Å². The number of likely N-dealkylation sites (tertiary alicyclic amines) is 1. The molecule has 8 nitrogen and oxygen atoms in total. The van der Waals surface area contributed by atoms with Crippen molar-refractivity contribution >= 4 is 33.1 Å². The van der Waals surface area contributed by atoms with Crippen LogP contribution in [0, 0.1) is 12.8 Å². The number of carbonyl (C=O) groups excluding carboxylic acids is 1. The molecule has 2 aliphatic carbocycles. The van der Waals surface area contributed by atoms with Crippen molar-refractivity contribution in [3.8, 4) is 11.3 Å². The van der Waals surface area contributed by atoms with Crippen LogP contribution >= 0.6 is 11.3 Å². The summed E-state index contributed by atoms with van der Waals surface area (Å²) in [6.07, 6.45) is 10.9. The summed E-state index contributed by atoms with van der Waals surface area (Å²) in [5.41, 5.74) is 9.05. The number of carbonyl (C=O) groups is 1. The zero-order chi connectivity index (χ0) is 28.5. The second-order valence-electron chi connectivity index (χ2n) is 12.9. The van der Waals surface area contributed by atoms with E-state index in [1.165, 1.54) is 55.0 Å². The largest absolute Gasteiger partial charge is 0.377 e. The van der Waals surface area contributed by atoms with Crippen molar-refractivity contribution in [2.45, 2.75) is 83.2 Å². The monoisotopic (exact) mass is 574 g/mol. The minimum Gasteiger partial charge on any atom is -0.377 e. The van der Waals surface area contributed by atoms with Crippen molar-refractivity contribution in [2.24, 2.45) is 5.92 Å². The van der Waals surface area contributed by atoms with E-state index in [4.69, 9.17) is 4.74 Å². The van der Waals surface area contributed by atoms with Gasteiger partial charge in [0.2, 0.25) is 5.91 Å². The first-order valence-electron chi connectivity index (χ1n) is 15.3. The van der Waals surface area contributed by atoms with Gasteiger partial charge in [0.05, 0.1) is 11.3 Å². The van der Waals surface area contributed by atoms with Crippen LogP contribution in [0.1, 0.15) is 84.9 Å². The lowest BCUT2D eigenvalue weighted by Crippen LogP contribution is -2.57. The molecule has 0 spiro atoms. The summed E-state index contributed by atoms with van der Waals surface area (Å²) in [4.78, 5) is 26.6. The molecule has 218 valence electrons. The first kappa shape index (κ1) is 27.1. The normalized spacial score (nSPS) is 23.2. The van der Waals surface area contributed by atoms with E-state index in [-0.39, 0.29) is 11.5 Å². The Bertz CT molecular complexity index is 1620. The zero-order valence-corrected chi connectivity index (χ0v) is 25.8. The number of hydrogen-bond acceptors (Lipinski definition) is 6. The second kappa shape index (κ2) is 10.2. The Morgan fingerprint density at radius 2 is 2.00 bits per heavy atom. The number of H-pyrrole nitrogens is 1. The number of fused-ring (bicyclic) bond motifs is 4. The summed E-state index contributed by atoms with van der Waals surface area (Å²) in [5.74, 6) is 1.33. The second-order valence-corrected chi connectivity index (χ2v) is 13.9. The Kier molecular flexibility index (Phi) is 6.75. The van der Waals surface area contributed by atoms with Crippen LogP contribution < -0.4 is 5.32 Å². The number of amides is 1. The van der Waals surface area contributed by atoms with Crippen molar-refractivity contribution in [1.29, 1.82) is 0 Å². The smallest absolute Gasteiger partial charge is 0.225 e. The molecule has 41 heavy (non-hydrogen) atoms. The van der Waals surface area contributed by atoms with E-state index in [1.54, 1.807) is 13.4 Å². The lowest BCUT2D eigenvalue weighted by atomic mass is 9.69. The molecule has 7 rings (SSSR count). The first-order valence-corrected chi connectivity index (χ1v) is 16.1. The molecule has 9 heteroatoms. The van der Waals surface area contributed by atoms with Crippen LogP contribution in [0.25, 0.3) is 27.1 Å². The highest BCUT2D eigenvalue weighted by molar-refractivity contribution is 7.19. The van der Waals surface area contributed by atoms with E-state index in [9.17, 15) is 4.79 Å². The van der Waals surface area contributed by atoms with Crippen molar-refractivity contribution < 1.29 is 9.53 Å². The molecule has 0 unspecified atom stereocenters. The van der Waals surface area contributed by atoms with E-state index in [2.05, 4.69) is 52.3 Å². The molecule has 1 saturated carbocycles. The van der Waals surface area contributed by atoms with Crippen LogP contribution in [0.4, 0.5) is 0 Å². The summed E-state index contributed by atoms with van der Waals surface area (Å²) in [6, 6.07) is 0. The lowest BCUT2D eigenvalue weighted by molar-refractivity contribution is -0.156.